The minimum absolute atomic E-state index is 0.0207. The van der Waals surface area contributed by atoms with Gasteiger partial charge in [-0.2, -0.15) is 4.98 Å². The Balaban J connectivity index is 1.54. The van der Waals surface area contributed by atoms with Gasteiger partial charge in [-0.25, -0.2) is 15.0 Å². The molecule has 2 aromatic heterocycles. The molecule has 1 aromatic carbocycles. The lowest BCUT2D eigenvalue weighted by Crippen LogP contribution is -2.43. The van der Waals surface area contributed by atoms with Crippen molar-refractivity contribution in [2.45, 2.75) is 38.8 Å². The van der Waals surface area contributed by atoms with Crippen molar-refractivity contribution in [3.63, 3.8) is 0 Å². The average molecular weight is 548 g/mol. The van der Waals surface area contributed by atoms with Crippen LogP contribution in [0.3, 0.4) is 0 Å². The molecule has 0 spiro atoms. The number of carbonyl (C=O) groups is 1. The SMILES string of the molecule is CC(=O)NCCCN(Cc1ccccc1)c1ncnc2c(N3CCOCC3)nc(N3CCC(N(C)C)CC3)nc12. The lowest BCUT2D eigenvalue weighted by atomic mass is 10.0. The number of nitrogens with one attached hydrogen (secondary N) is 1. The van der Waals surface area contributed by atoms with Crippen molar-refractivity contribution in [2.24, 2.45) is 0 Å². The molecule has 40 heavy (non-hydrogen) atoms. The number of ether oxygens (including phenoxy) is 1. The molecule has 2 aliphatic heterocycles. The number of hydrogen-bond donors (Lipinski definition) is 1. The first kappa shape index (κ1) is 28.0. The van der Waals surface area contributed by atoms with Gasteiger partial charge in [0, 0.05) is 58.8 Å². The zero-order valence-corrected chi connectivity index (χ0v) is 23.9. The van der Waals surface area contributed by atoms with Gasteiger partial charge in [0.15, 0.2) is 11.6 Å². The predicted octanol–water partition coefficient (Wildman–Crippen LogP) is 2.32. The van der Waals surface area contributed by atoms with Crippen LogP contribution in [0.15, 0.2) is 36.7 Å². The molecule has 5 rings (SSSR count). The van der Waals surface area contributed by atoms with Crippen molar-refractivity contribution in [3.05, 3.63) is 42.2 Å². The molecule has 3 aromatic rings. The number of fused-ring (bicyclic) bond motifs is 1. The highest BCUT2D eigenvalue weighted by Gasteiger charge is 2.27. The van der Waals surface area contributed by atoms with Crippen molar-refractivity contribution in [3.8, 4) is 0 Å². The minimum atomic E-state index is -0.0207. The van der Waals surface area contributed by atoms with E-state index in [1.54, 1.807) is 13.3 Å². The quantitative estimate of drug-likeness (QED) is 0.381. The maximum absolute atomic E-state index is 11.5. The average Bonchev–Trinajstić information content (AvgIpc) is 2.99. The van der Waals surface area contributed by atoms with Gasteiger partial charge in [0.2, 0.25) is 11.9 Å². The summed E-state index contributed by atoms with van der Waals surface area (Å²) in [4.78, 5) is 40.4. The Hall–Kier alpha value is -3.57. The van der Waals surface area contributed by atoms with Crippen molar-refractivity contribution in [2.75, 3.05) is 81.3 Å². The molecule has 4 heterocycles. The lowest BCUT2D eigenvalue weighted by molar-refractivity contribution is -0.118. The monoisotopic (exact) mass is 547 g/mol. The summed E-state index contributed by atoms with van der Waals surface area (Å²) < 4.78 is 5.64. The number of amides is 1. The van der Waals surface area contributed by atoms with Crippen molar-refractivity contribution < 1.29 is 9.53 Å². The second-order valence-electron chi connectivity index (χ2n) is 10.8. The molecule has 0 bridgehead atoms. The highest BCUT2D eigenvalue weighted by atomic mass is 16.5. The smallest absolute Gasteiger partial charge is 0.228 e. The van der Waals surface area contributed by atoms with Gasteiger partial charge < -0.3 is 29.7 Å². The third kappa shape index (κ3) is 6.76. The summed E-state index contributed by atoms with van der Waals surface area (Å²) in [5.74, 6) is 2.35. The fourth-order valence-electron chi connectivity index (χ4n) is 5.46. The van der Waals surface area contributed by atoms with Crippen molar-refractivity contribution in [1.29, 1.82) is 0 Å². The maximum Gasteiger partial charge on any atom is 0.228 e. The molecule has 2 fully saturated rings. The van der Waals surface area contributed by atoms with Gasteiger partial charge in [0.25, 0.3) is 0 Å². The van der Waals surface area contributed by atoms with Gasteiger partial charge in [-0.3, -0.25) is 4.79 Å². The van der Waals surface area contributed by atoms with Crippen molar-refractivity contribution in [1.82, 2.24) is 30.2 Å². The Morgan fingerprint density at radius 1 is 1.00 bits per heavy atom. The highest BCUT2D eigenvalue weighted by molar-refractivity contribution is 5.94. The number of morpholine rings is 1. The molecule has 0 radical (unpaired) electrons. The topological polar surface area (TPSA) is 103 Å². The first-order valence-electron chi connectivity index (χ1n) is 14.3. The van der Waals surface area contributed by atoms with Crippen LogP contribution in [0.2, 0.25) is 0 Å². The van der Waals surface area contributed by atoms with E-state index in [9.17, 15) is 4.79 Å². The molecule has 0 unspecified atom stereocenters. The Labute approximate surface area is 236 Å². The molecular weight excluding hydrogens is 506 g/mol. The van der Waals surface area contributed by atoms with E-state index in [0.29, 0.717) is 38.9 Å². The van der Waals surface area contributed by atoms with Crippen LogP contribution in [-0.2, 0) is 16.1 Å². The molecule has 0 atom stereocenters. The van der Waals surface area contributed by atoms with Crippen LogP contribution in [-0.4, -0.2) is 103 Å². The first-order valence-corrected chi connectivity index (χ1v) is 14.3. The number of hydrogen-bond acceptors (Lipinski definition) is 10. The number of nitrogens with zero attached hydrogens (tertiary/aromatic N) is 8. The molecule has 214 valence electrons. The van der Waals surface area contributed by atoms with Crippen LogP contribution in [0, 0.1) is 0 Å². The summed E-state index contributed by atoms with van der Waals surface area (Å²) in [5.41, 5.74) is 2.71. The van der Waals surface area contributed by atoms with Crippen LogP contribution in [0.1, 0.15) is 31.7 Å². The van der Waals surface area contributed by atoms with Crippen LogP contribution in [0.25, 0.3) is 11.0 Å². The molecule has 2 saturated heterocycles. The summed E-state index contributed by atoms with van der Waals surface area (Å²) in [6, 6.07) is 10.9. The zero-order valence-electron chi connectivity index (χ0n) is 23.9. The Bertz CT molecular complexity index is 1260. The predicted molar refractivity (Wildman–Crippen MR) is 158 cm³/mol. The molecule has 0 saturated carbocycles. The summed E-state index contributed by atoms with van der Waals surface area (Å²) in [6.45, 7) is 8.20. The summed E-state index contributed by atoms with van der Waals surface area (Å²) >= 11 is 0. The van der Waals surface area contributed by atoms with Crippen LogP contribution < -0.4 is 20.0 Å². The Morgan fingerprint density at radius 3 is 2.45 bits per heavy atom. The van der Waals surface area contributed by atoms with Gasteiger partial charge in [-0.1, -0.05) is 30.3 Å². The van der Waals surface area contributed by atoms with Crippen molar-refractivity contribution >= 4 is 34.5 Å². The molecule has 1 N–H and O–H groups in total. The van der Waals surface area contributed by atoms with E-state index in [4.69, 9.17) is 24.7 Å². The standard InChI is InChI=1S/C29H41N9O2/c1-22(39)30-12-7-13-38(20-23-8-5-4-6-9-23)27-26-25(31-21-32-27)28(36-16-18-40-19-17-36)34-29(33-26)37-14-10-24(11-15-37)35(2)3/h4-6,8-9,21,24H,7,10-20H2,1-3H3,(H,30,39). The first-order chi connectivity index (χ1) is 19.5. The largest absolute Gasteiger partial charge is 0.378 e. The van der Waals surface area contributed by atoms with E-state index >= 15 is 0 Å². The number of carbonyl (C=O) groups excluding carboxylic acids is 1. The van der Waals surface area contributed by atoms with E-state index in [1.807, 2.05) is 6.07 Å². The van der Waals surface area contributed by atoms with Gasteiger partial charge in [-0.05, 0) is 38.9 Å². The normalized spacial score (nSPS) is 16.5. The lowest BCUT2D eigenvalue weighted by Gasteiger charge is -2.36. The second kappa shape index (κ2) is 13.2. The van der Waals surface area contributed by atoms with Crippen LogP contribution >= 0.6 is 0 Å². The van der Waals surface area contributed by atoms with E-state index in [2.05, 4.69) is 63.3 Å². The summed E-state index contributed by atoms with van der Waals surface area (Å²) in [7, 11) is 4.31. The van der Waals surface area contributed by atoms with Gasteiger partial charge in [0.05, 0.1) is 13.2 Å². The number of piperidine rings is 1. The van der Waals surface area contributed by atoms with E-state index in [0.717, 1.165) is 74.1 Å². The molecule has 11 nitrogen and oxygen atoms in total. The van der Waals surface area contributed by atoms with E-state index in [-0.39, 0.29) is 5.91 Å². The van der Waals surface area contributed by atoms with Gasteiger partial charge >= 0.3 is 0 Å². The highest BCUT2D eigenvalue weighted by Crippen LogP contribution is 2.32. The molecule has 0 aliphatic carbocycles. The molecular formula is C29H41N9O2. The van der Waals surface area contributed by atoms with Crippen LogP contribution in [0.4, 0.5) is 17.6 Å². The van der Waals surface area contributed by atoms with E-state index in [1.165, 1.54) is 5.56 Å². The number of aromatic nitrogens is 4. The third-order valence-corrected chi connectivity index (χ3v) is 7.72. The second-order valence-corrected chi connectivity index (χ2v) is 10.8. The number of benzene rings is 1. The van der Waals surface area contributed by atoms with Gasteiger partial charge in [0.1, 0.15) is 17.4 Å². The molecule has 2 aliphatic rings. The molecule has 1 amide bonds. The fourth-order valence-corrected chi connectivity index (χ4v) is 5.46. The number of anilines is 3. The minimum Gasteiger partial charge on any atom is -0.378 e. The molecule has 11 heteroatoms. The van der Waals surface area contributed by atoms with Gasteiger partial charge in [-0.15, -0.1) is 0 Å². The zero-order chi connectivity index (χ0) is 27.9. The van der Waals surface area contributed by atoms with Crippen LogP contribution in [0.5, 0.6) is 0 Å². The Morgan fingerprint density at radius 2 is 1.75 bits per heavy atom. The maximum atomic E-state index is 11.5. The summed E-state index contributed by atoms with van der Waals surface area (Å²) in [5, 5.41) is 2.92. The number of rotatable bonds is 10. The third-order valence-electron chi connectivity index (χ3n) is 7.72. The Kier molecular flexibility index (Phi) is 9.22. The summed E-state index contributed by atoms with van der Waals surface area (Å²) in [6.07, 6.45) is 4.55. The van der Waals surface area contributed by atoms with E-state index < -0.39 is 0 Å². The fraction of sp³-hybridized carbons (Fsp3) is 0.552.